The molecule has 0 saturated carbocycles. The largest absolute Gasteiger partial charge is 0.522 e. The highest BCUT2D eigenvalue weighted by Crippen LogP contribution is 2.19. The predicted molar refractivity (Wildman–Crippen MR) is 93.9 cm³/mol. The Hall–Kier alpha value is -2.69. The molecule has 0 atom stereocenters. The fourth-order valence-corrected chi connectivity index (χ4v) is 2.79. The van der Waals surface area contributed by atoms with Crippen LogP contribution in [-0.4, -0.2) is 20.7 Å². The highest BCUT2D eigenvalue weighted by Gasteiger charge is 2.28. The maximum absolute atomic E-state index is 12.1. The molecule has 2 aromatic carbocycles. The van der Waals surface area contributed by atoms with Crippen molar-refractivity contribution in [1.29, 1.82) is 0 Å². The third-order valence-electron chi connectivity index (χ3n) is 3.35. The van der Waals surface area contributed by atoms with Gasteiger partial charge in [-0.25, -0.2) is 13.2 Å². The molecule has 10 heteroatoms. The van der Waals surface area contributed by atoms with Gasteiger partial charge in [-0.1, -0.05) is 35.9 Å². The summed E-state index contributed by atoms with van der Waals surface area (Å²) >= 11 is 0. The third-order valence-corrected chi connectivity index (χ3v) is 4.54. The molecule has 0 aromatic heterocycles. The molecule has 0 saturated heterocycles. The minimum absolute atomic E-state index is 0.0766. The highest BCUT2D eigenvalue weighted by molar-refractivity contribution is 7.89. The molecule has 0 fully saturated rings. The number of ether oxygens (including phenoxy) is 1. The van der Waals surface area contributed by atoms with Gasteiger partial charge in [0, 0.05) is 6.08 Å². The van der Waals surface area contributed by atoms with E-state index in [0.29, 0.717) is 5.56 Å². The summed E-state index contributed by atoms with van der Waals surface area (Å²) in [4.78, 5) is 17.8. The summed E-state index contributed by atoms with van der Waals surface area (Å²) in [7, 11) is -4.03. The van der Waals surface area contributed by atoms with Crippen molar-refractivity contribution in [2.24, 2.45) is 0 Å². The second-order valence-electron chi connectivity index (χ2n) is 5.63. The van der Waals surface area contributed by atoms with Crippen LogP contribution < -0.4 is 4.89 Å². The first-order chi connectivity index (χ1) is 13.0. The smallest absolute Gasteiger partial charge is 0.352 e. The summed E-state index contributed by atoms with van der Waals surface area (Å²) in [5.74, 6) is -1.01. The van der Waals surface area contributed by atoms with Crippen molar-refractivity contribution in [1.82, 2.24) is 4.89 Å². The Bertz CT molecular complexity index is 954. The van der Waals surface area contributed by atoms with E-state index >= 15 is 0 Å². The molecule has 0 unspecified atom stereocenters. The molecule has 0 heterocycles. The predicted octanol–water partition coefficient (Wildman–Crippen LogP) is 3.48. The van der Waals surface area contributed by atoms with Crippen molar-refractivity contribution in [3.63, 3.8) is 0 Å². The molecule has 0 radical (unpaired) electrons. The van der Waals surface area contributed by atoms with Crippen LogP contribution in [-0.2, 0) is 31.0 Å². The number of hydrogen-bond donors (Lipinski definition) is 1. The third kappa shape index (κ3) is 7.14. The summed E-state index contributed by atoms with van der Waals surface area (Å²) in [6.07, 6.45) is -2.55. The average molecular weight is 415 g/mol. The van der Waals surface area contributed by atoms with Gasteiger partial charge in [-0.15, -0.1) is 13.2 Å². The van der Waals surface area contributed by atoms with Crippen molar-refractivity contribution < 1.29 is 36.0 Å². The van der Waals surface area contributed by atoms with Crippen LogP contribution in [0.5, 0.6) is 0 Å². The van der Waals surface area contributed by atoms with E-state index in [2.05, 4.69) is 9.57 Å². The van der Waals surface area contributed by atoms with E-state index in [9.17, 15) is 26.4 Å². The molecular weight excluding hydrogens is 399 g/mol. The lowest BCUT2D eigenvalue weighted by atomic mass is 10.1. The number of aryl methyl sites for hydroxylation is 1. The van der Waals surface area contributed by atoms with Crippen molar-refractivity contribution in [2.45, 2.75) is 24.8 Å². The van der Waals surface area contributed by atoms with Gasteiger partial charge in [-0.2, -0.15) is 0 Å². The number of carbonyl (C=O) groups excluding carboxylic acids is 1. The molecule has 28 heavy (non-hydrogen) atoms. The van der Waals surface area contributed by atoms with Crippen LogP contribution in [0.15, 0.2) is 59.5 Å². The first-order valence-electron chi connectivity index (χ1n) is 7.82. The number of hydrogen-bond acceptors (Lipinski definition) is 5. The maximum atomic E-state index is 12.1. The Balaban J connectivity index is 1.94. The van der Waals surface area contributed by atoms with Gasteiger partial charge in [-0.05, 0) is 47.2 Å². The van der Waals surface area contributed by atoms with Crippen molar-refractivity contribution in [3.05, 3.63) is 71.3 Å². The lowest BCUT2D eigenvalue weighted by molar-refractivity contribution is -0.330. The molecule has 2 aromatic rings. The number of alkyl halides is 3. The van der Waals surface area contributed by atoms with Crippen LogP contribution in [0.25, 0.3) is 6.08 Å². The van der Waals surface area contributed by atoms with Crippen LogP contribution in [0.4, 0.5) is 13.2 Å². The zero-order chi connectivity index (χ0) is 20.8. The van der Waals surface area contributed by atoms with E-state index < -0.39 is 29.0 Å². The van der Waals surface area contributed by atoms with Gasteiger partial charge < -0.3 is 4.84 Å². The van der Waals surface area contributed by atoms with E-state index in [4.69, 9.17) is 0 Å². The molecule has 2 rings (SSSR count). The van der Waals surface area contributed by atoms with E-state index in [0.717, 1.165) is 11.6 Å². The molecule has 0 aliphatic rings. The van der Waals surface area contributed by atoms with E-state index in [1.165, 1.54) is 42.5 Å². The van der Waals surface area contributed by atoms with Crippen molar-refractivity contribution in [3.8, 4) is 0 Å². The number of halogens is 3. The van der Waals surface area contributed by atoms with Crippen LogP contribution in [0.2, 0.25) is 0 Å². The highest BCUT2D eigenvalue weighted by atomic mass is 32.2. The number of benzene rings is 2. The molecular formula is C18H16F3NO5S. The number of nitrogens with one attached hydrogen (secondary N) is 1. The van der Waals surface area contributed by atoms with Crippen LogP contribution in [0, 0.1) is 6.92 Å². The minimum atomic E-state index is -4.75. The van der Waals surface area contributed by atoms with Crippen molar-refractivity contribution in [2.75, 3.05) is 0 Å². The topological polar surface area (TPSA) is 81.7 Å². The van der Waals surface area contributed by atoms with E-state index in [-0.39, 0.29) is 10.5 Å². The first kappa shape index (κ1) is 21.6. The first-order valence-corrected chi connectivity index (χ1v) is 9.30. The van der Waals surface area contributed by atoms with Gasteiger partial charge >= 0.3 is 12.3 Å². The maximum Gasteiger partial charge on any atom is 0.522 e. The summed E-state index contributed by atoms with van der Waals surface area (Å²) < 4.78 is 63.9. The Kier molecular flexibility index (Phi) is 6.95. The summed E-state index contributed by atoms with van der Waals surface area (Å²) in [5, 5.41) is 0. The molecule has 6 nitrogen and oxygen atoms in total. The van der Waals surface area contributed by atoms with Crippen molar-refractivity contribution >= 4 is 22.1 Å². The number of sulfonamides is 1. The zero-order valence-electron chi connectivity index (χ0n) is 14.6. The lowest BCUT2D eigenvalue weighted by Crippen LogP contribution is -2.26. The molecule has 0 amide bonds. The Morgan fingerprint density at radius 3 is 2.46 bits per heavy atom. The Morgan fingerprint density at radius 1 is 1.14 bits per heavy atom. The quantitative estimate of drug-likeness (QED) is 0.553. The fraction of sp³-hybridized carbons (Fsp3) is 0.167. The fourth-order valence-electron chi connectivity index (χ4n) is 2.01. The summed E-state index contributed by atoms with van der Waals surface area (Å²) in [6, 6.07) is 11.7. The second kappa shape index (κ2) is 9.00. The van der Waals surface area contributed by atoms with Gasteiger partial charge in [0.25, 0.3) is 10.0 Å². The Morgan fingerprint density at radius 2 is 1.82 bits per heavy atom. The molecule has 0 aliphatic carbocycles. The normalized spacial score (nSPS) is 12.3. The molecule has 0 aliphatic heterocycles. The van der Waals surface area contributed by atoms with Gasteiger partial charge in [0.15, 0.2) is 0 Å². The van der Waals surface area contributed by atoms with E-state index in [1.807, 2.05) is 0 Å². The number of rotatable bonds is 7. The SMILES string of the molecule is Cc1ccc(S(=O)(=O)NOC(=O)/C=C/c2cccc(COC(F)(F)F)c2)cc1. The Labute approximate surface area is 159 Å². The van der Waals surface area contributed by atoms with E-state index in [1.54, 1.807) is 23.9 Å². The second-order valence-corrected chi connectivity index (χ2v) is 7.28. The monoisotopic (exact) mass is 415 g/mol. The van der Waals surface area contributed by atoms with Gasteiger partial charge in [0.1, 0.15) is 0 Å². The van der Waals surface area contributed by atoms with Gasteiger partial charge in [0.05, 0.1) is 11.5 Å². The number of carbonyl (C=O) groups is 1. The summed E-state index contributed by atoms with van der Waals surface area (Å²) in [6.45, 7) is 1.12. The summed E-state index contributed by atoms with van der Waals surface area (Å²) in [5.41, 5.74) is 1.51. The molecule has 0 bridgehead atoms. The zero-order valence-corrected chi connectivity index (χ0v) is 15.4. The van der Waals surface area contributed by atoms with Gasteiger partial charge in [0.2, 0.25) is 0 Å². The average Bonchev–Trinajstić information content (AvgIpc) is 2.63. The molecule has 150 valence electrons. The van der Waals surface area contributed by atoms with Crippen LogP contribution >= 0.6 is 0 Å². The van der Waals surface area contributed by atoms with Crippen LogP contribution in [0.3, 0.4) is 0 Å². The molecule has 0 spiro atoms. The minimum Gasteiger partial charge on any atom is -0.352 e. The van der Waals surface area contributed by atoms with Gasteiger partial charge in [-0.3, -0.25) is 4.74 Å². The lowest BCUT2D eigenvalue weighted by Gasteiger charge is -2.07. The molecule has 1 N–H and O–H groups in total. The van der Waals surface area contributed by atoms with Crippen LogP contribution in [0.1, 0.15) is 16.7 Å². The standard InChI is InChI=1S/C18H16F3NO5S/c1-13-5-8-16(9-6-13)28(24,25)22-27-17(23)10-7-14-3-2-4-15(11-14)12-26-18(19,20)21/h2-11,22H,12H2,1H3/b10-7+.